The van der Waals surface area contributed by atoms with Gasteiger partial charge in [0.05, 0.1) is 5.75 Å². The van der Waals surface area contributed by atoms with Gasteiger partial charge in [-0.15, -0.1) is 5.10 Å². The van der Waals surface area contributed by atoms with Crippen LogP contribution in [-0.2, 0) is 11.2 Å². The summed E-state index contributed by atoms with van der Waals surface area (Å²) in [7, 11) is 0. The second-order valence-corrected chi connectivity index (χ2v) is 9.47. The number of carbonyl (C=O) groups is 1. The summed E-state index contributed by atoms with van der Waals surface area (Å²) in [6.45, 7) is 6.87. The molecule has 0 radical (unpaired) electrons. The van der Waals surface area contributed by atoms with Crippen LogP contribution in [0.4, 0.5) is 0 Å². The van der Waals surface area contributed by atoms with E-state index in [-0.39, 0.29) is 5.91 Å². The second kappa shape index (κ2) is 10.3. The molecule has 3 aromatic rings. The summed E-state index contributed by atoms with van der Waals surface area (Å²) in [5.74, 6) is 0.912. The number of aryl methyl sites for hydroxylation is 3. The summed E-state index contributed by atoms with van der Waals surface area (Å²) < 4.78 is 1.80. The molecule has 0 saturated carbocycles. The molecule has 32 heavy (non-hydrogen) atoms. The molecule has 1 aromatic carbocycles. The van der Waals surface area contributed by atoms with E-state index in [2.05, 4.69) is 64.6 Å². The number of fused-ring (bicyclic) bond motifs is 1. The normalized spacial score (nSPS) is 13.9. The molecule has 0 aliphatic heterocycles. The number of nitrogens with one attached hydrogen (secondary N) is 1. The smallest absolute Gasteiger partial charge is 0.253 e. The van der Waals surface area contributed by atoms with Crippen molar-refractivity contribution in [3.63, 3.8) is 0 Å². The van der Waals surface area contributed by atoms with Crippen LogP contribution in [0.25, 0.3) is 5.78 Å². The van der Waals surface area contributed by atoms with Gasteiger partial charge in [0.1, 0.15) is 0 Å². The molecule has 2 aromatic heterocycles. The van der Waals surface area contributed by atoms with E-state index in [0.29, 0.717) is 23.2 Å². The maximum atomic E-state index is 12.2. The first-order valence-electron chi connectivity index (χ1n) is 11.4. The third-order valence-electron chi connectivity index (χ3n) is 6.02. The Morgan fingerprint density at radius 3 is 2.69 bits per heavy atom. The molecule has 7 heteroatoms. The van der Waals surface area contributed by atoms with Gasteiger partial charge in [-0.2, -0.15) is 4.98 Å². The molecule has 1 aliphatic carbocycles. The third-order valence-corrected chi connectivity index (χ3v) is 6.85. The predicted molar refractivity (Wildman–Crippen MR) is 129 cm³/mol. The Balaban J connectivity index is 1.37. The van der Waals surface area contributed by atoms with E-state index in [1.807, 2.05) is 6.92 Å². The molecule has 0 atom stereocenters. The Kier molecular flexibility index (Phi) is 7.25. The molecule has 168 valence electrons. The van der Waals surface area contributed by atoms with Gasteiger partial charge < -0.3 is 5.32 Å². The van der Waals surface area contributed by atoms with Crippen molar-refractivity contribution in [3.8, 4) is 0 Å². The highest BCUT2D eigenvalue weighted by Crippen LogP contribution is 2.21. The van der Waals surface area contributed by atoms with Crippen molar-refractivity contribution in [2.24, 2.45) is 0 Å². The van der Waals surface area contributed by atoms with Crippen LogP contribution in [0.15, 0.2) is 41.1 Å². The van der Waals surface area contributed by atoms with Gasteiger partial charge >= 0.3 is 0 Å². The van der Waals surface area contributed by atoms with Crippen LogP contribution in [-0.4, -0.2) is 37.8 Å². The summed E-state index contributed by atoms with van der Waals surface area (Å²) in [6.07, 6.45) is 9.01. The summed E-state index contributed by atoms with van der Waals surface area (Å²) >= 11 is 1.36. The van der Waals surface area contributed by atoms with E-state index in [4.69, 9.17) is 0 Å². The van der Waals surface area contributed by atoms with E-state index in [9.17, 15) is 4.79 Å². The van der Waals surface area contributed by atoms with E-state index in [1.165, 1.54) is 54.1 Å². The number of carbonyl (C=O) groups excluding carboxylic acids is 1. The molecule has 4 rings (SSSR count). The van der Waals surface area contributed by atoms with Crippen molar-refractivity contribution in [2.75, 3.05) is 12.3 Å². The lowest BCUT2D eigenvalue weighted by atomic mass is 9.97. The number of hydrogen-bond acceptors (Lipinski definition) is 5. The minimum Gasteiger partial charge on any atom is -0.355 e. The largest absolute Gasteiger partial charge is 0.355 e. The Labute approximate surface area is 193 Å². The number of amides is 1. The maximum Gasteiger partial charge on any atom is 0.253 e. The number of rotatable bonds is 8. The number of allylic oxidation sites excluding steroid dienone is 1. The van der Waals surface area contributed by atoms with Crippen LogP contribution in [0.1, 0.15) is 60.2 Å². The zero-order valence-corrected chi connectivity index (χ0v) is 20.0. The highest BCUT2D eigenvalue weighted by Gasteiger charge is 2.15. The van der Waals surface area contributed by atoms with Crippen molar-refractivity contribution < 1.29 is 4.79 Å². The number of thioether (sulfide) groups is 1. The molecule has 0 bridgehead atoms. The molecule has 0 saturated heterocycles. The van der Waals surface area contributed by atoms with Crippen LogP contribution >= 0.6 is 11.8 Å². The molecule has 1 aliphatic rings. The average Bonchev–Trinajstić information content (AvgIpc) is 3.20. The van der Waals surface area contributed by atoms with Crippen LogP contribution in [0.3, 0.4) is 0 Å². The van der Waals surface area contributed by atoms with Crippen LogP contribution in [0.2, 0.25) is 0 Å². The van der Waals surface area contributed by atoms with Gasteiger partial charge in [-0.05, 0) is 64.0 Å². The van der Waals surface area contributed by atoms with Crippen molar-refractivity contribution >= 4 is 23.4 Å². The Hall–Kier alpha value is -2.67. The van der Waals surface area contributed by atoms with Crippen LogP contribution in [0.5, 0.6) is 0 Å². The lowest BCUT2D eigenvalue weighted by Gasteiger charge is -2.12. The Bertz CT molecular complexity index is 1130. The van der Waals surface area contributed by atoms with E-state index in [0.717, 1.165) is 29.8 Å². The van der Waals surface area contributed by atoms with E-state index < -0.39 is 0 Å². The van der Waals surface area contributed by atoms with Gasteiger partial charge in [0.25, 0.3) is 5.78 Å². The van der Waals surface area contributed by atoms with Gasteiger partial charge in [-0.1, -0.05) is 53.2 Å². The summed E-state index contributed by atoms with van der Waals surface area (Å²) in [6, 6.07) is 8.58. The van der Waals surface area contributed by atoms with Gasteiger partial charge in [-0.25, -0.2) is 9.50 Å². The molecule has 2 heterocycles. The van der Waals surface area contributed by atoms with Crippen molar-refractivity contribution in [2.45, 2.75) is 64.5 Å². The highest BCUT2D eigenvalue weighted by molar-refractivity contribution is 7.99. The zero-order valence-electron chi connectivity index (χ0n) is 19.1. The average molecular weight is 450 g/mol. The fraction of sp³-hybridized carbons (Fsp3) is 0.440. The van der Waals surface area contributed by atoms with Crippen LogP contribution < -0.4 is 5.32 Å². The fourth-order valence-corrected chi connectivity index (χ4v) is 4.74. The van der Waals surface area contributed by atoms with Gasteiger partial charge in [0.2, 0.25) is 11.1 Å². The third kappa shape index (κ3) is 5.57. The number of benzene rings is 1. The first-order valence-corrected chi connectivity index (χ1v) is 12.3. The summed E-state index contributed by atoms with van der Waals surface area (Å²) in [5.41, 5.74) is 7.15. The predicted octanol–water partition coefficient (Wildman–Crippen LogP) is 4.74. The number of hydrogen-bond donors (Lipinski definition) is 1. The Morgan fingerprint density at radius 1 is 1.12 bits per heavy atom. The standard InChI is InChI=1S/C25H31N5OS/c1-17-9-11-21(12-10-17)15-22-18(2)27-24-28-25(29-30(24)19(22)3)32-16-23(31)26-14-13-20-7-5-4-6-8-20/h7,9-12H,4-6,8,13-16H2,1-3H3,(H,26,31). The lowest BCUT2D eigenvalue weighted by Crippen LogP contribution is -2.26. The van der Waals surface area contributed by atoms with Crippen molar-refractivity contribution in [1.29, 1.82) is 0 Å². The SMILES string of the molecule is Cc1ccc(Cc2c(C)nc3nc(SCC(=O)NCCC4=CCCCC4)nn3c2C)cc1. The molecular formula is C25H31N5OS. The van der Waals surface area contributed by atoms with E-state index in [1.54, 1.807) is 4.52 Å². The molecule has 1 N–H and O–H groups in total. The molecule has 0 unspecified atom stereocenters. The zero-order chi connectivity index (χ0) is 22.5. The van der Waals surface area contributed by atoms with Crippen molar-refractivity contribution in [3.05, 3.63) is 64.0 Å². The van der Waals surface area contributed by atoms with Crippen molar-refractivity contribution in [1.82, 2.24) is 24.9 Å². The summed E-state index contributed by atoms with van der Waals surface area (Å²) in [4.78, 5) is 21.4. The lowest BCUT2D eigenvalue weighted by molar-refractivity contribution is -0.118. The van der Waals surface area contributed by atoms with Gasteiger partial charge in [0, 0.05) is 24.4 Å². The maximum absolute atomic E-state index is 12.2. The molecule has 1 amide bonds. The first kappa shape index (κ1) is 22.5. The first-order chi connectivity index (χ1) is 15.5. The van der Waals surface area contributed by atoms with Gasteiger partial charge in [-0.3, -0.25) is 4.79 Å². The molecular weight excluding hydrogens is 418 g/mol. The van der Waals surface area contributed by atoms with E-state index >= 15 is 0 Å². The molecule has 6 nitrogen and oxygen atoms in total. The Morgan fingerprint density at radius 2 is 1.94 bits per heavy atom. The van der Waals surface area contributed by atoms with Gasteiger partial charge in [0.15, 0.2) is 0 Å². The number of nitrogens with zero attached hydrogens (tertiary/aromatic N) is 4. The second-order valence-electron chi connectivity index (χ2n) is 8.53. The fourth-order valence-electron chi connectivity index (χ4n) is 4.09. The minimum atomic E-state index is 0.0196. The highest BCUT2D eigenvalue weighted by atomic mass is 32.2. The topological polar surface area (TPSA) is 72.2 Å². The molecule has 0 spiro atoms. The molecule has 0 fully saturated rings. The quantitative estimate of drug-likeness (QED) is 0.397. The monoisotopic (exact) mass is 449 g/mol. The summed E-state index contributed by atoms with van der Waals surface area (Å²) in [5, 5.41) is 8.21. The minimum absolute atomic E-state index is 0.0196. The number of aromatic nitrogens is 4. The van der Waals surface area contributed by atoms with Crippen LogP contribution in [0, 0.1) is 20.8 Å².